The van der Waals surface area contributed by atoms with Gasteiger partial charge in [0.15, 0.2) is 0 Å². The van der Waals surface area contributed by atoms with Crippen LogP contribution in [-0.4, -0.2) is 48.2 Å². The fourth-order valence-corrected chi connectivity index (χ4v) is 2.15. The quantitative estimate of drug-likeness (QED) is 0.733. The van der Waals surface area contributed by atoms with Crippen LogP contribution in [0.2, 0.25) is 0 Å². The Labute approximate surface area is 98.9 Å². The van der Waals surface area contributed by atoms with Gasteiger partial charge in [0.25, 0.3) is 0 Å². The number of amides is 1. The van der Waals surface area contributed by atoms with Crippen LogP contribution in [0, 0.1) is 5.92 Å². The van der Waals surface area contributed by atoms with Crippen LogP contribution >= 0.6 is 11.8 Å². The lowest BCUT2D eigenvalue weighted by Crippen LogP contribution is -2.46. The maximum absolute atomic E-state index is 11.7. The highest BCUT2D eigenvalue weighted by Crippen LogP contribution is 2.15. The van der Waals surface area contributed by atoms with Crippen LogP contribution in [-0.2, 0) is 14.3 Å². The second-order valence-corrected chi connectivity index (χ2v) is 4.65. The van der Waals surface area contributed by atoms with E-state index in [1.807, 2.05) is 6.26 Å². The van der Waals surface area contributed by atoms with E-state index < -0.39 is 12.0 Å². The van der Waals surface area contributed by atoms with Gasteiger partial charge in [0, 0.05) is 24.9 Å². The largest absolute Gasteiger partial charge is 0.480 e. The van der Waals surface area contributed by atoms with Gasteiger partial charge in [-0.15, -0.1) is 0 Å². The molecule has 0 aromatic heterocycles. The Kier molecular flexibility index (Phi) is 5.62. The molecular weight excluding hydrogens is 230 g/mol. The fourth-order valence-electron chi connectivity index (χ4n) is 1.59. The summed E-state index contributed by atoms with van der Waals surface area (Å²) in [5, 5.41) is 11.5. The Morgan fingerprint density at radius 2 is 2.12 bits per heavy atom. The molecule has 0 aliphatic carbocycles. The molecule has 0 aromatic carbocycles. The minimum Gasteiger partial charge on any atom is -0.480 e. The Morgan fingerprint density at radius 1 is 1.50 bits per heavy atom. The number of carbonyl (C=O) groups is 2. The molecule has 1 rings (SSSR count). The van der Waals surface area contributed by atoms with Crippen LogP contribution in [0.25, 0.3) is 0 Å². The van der Waals surface area contributed by atoms with Crippen molar-refractivity contribution in [3.63, 3.8) is 0 Å². The summed E-state index contributed by atoms with van der Waals surface area (Å²) in [5.74, 6) is -0.846. The van der Waals surface area contributed by atoms with Crippen molar-refractivity contribution in [1.82, 2.24) is 5.32 Å². The van der Waals surface area contributed by atoms with E-state index in [9.17, 15) is 9.59 Å². The Balaban J connectivity index is 2.43. The van der Waals surface area contributed by atoms with Gasteiger partial charge in [-0.25, -0.2) is 4.79 Å². The van der Waals surface area contributed by atoms with E-state index in [2.05, 4.69) is 5.32 Å². The first-order valence-electron chi connectivity index (χ1n) is 5.25. The summed E-state index contributed by atoms with van der Waals surface area (Å²) in [7, 11) is 0. The summed E-state index contributed by atoms with van der Waals surface area (Å²) in [6, 6.07) is -0.787. The van der Waals surface area contributed by atoms with E-state index in [0.717, 1.165) is 0 Å². The second-order valence-electron chi connectivity index (χ2n) is 3.74. The van der Waals surface area contributed by atoms with E-state index in [1.54, 1.807) is 0 Å². The minimum atomic E-state index is -0.977. The molecule has 16 heavy (non-hydrogen) atoms. The van der Waals surface area contributed by atoms with Gasteiger partial charge in [-0.05, 0) is 19.1 Å². The summed E-state index contributed by atoms with van der Waals surface area (Å²) in [5.41, 5.74) is 0. The first-order valence-corrected chi connectivity index (χ1v) is 6.64. The summed E-state index contributed by atoms with van der Waals surface area (Å²) in [6.45, 7) is 1.16. The molecule has 5 nitrogen and oxygen atoms in total. The topological polar surface area (TPSA) is 75.6 Å². The first kappa shape index (κ1) is 13.3. The molecule has 0 bridgehead atoms. The summed E-state index contributed by atoms with van der Waals surface area (Å²) in [6.07, 6.45) is 3.17. The standard InChI is InChI=1S/C10H17NO4S/c1-16-6-8(10(13)14)11-9(12)7-2-4-15-5-3-7/h7-8H,2-6H2,1H3,(H,11,12)(H,13,14). The maximum atomic E-state index is 11.7. The SMILES string of the molecule is CSCC(NC(=O)C1CCOCC1)C(=O)O. The van der Waals surface area contributed by atoms with Crippen molar-refractivity contribution in [2.75, 3.05) is 25.2 Å². The second kappa shape index (κ2) is 6.75. The highest BCUT2D eigenvalue weighted by atomic mass is 32.2. The number of hydrogen-bond acceptors (Lipinski definition) is 4. The first-order chi connectivity index (χ1) is 7.65. The lowest BCUT2D eigenvalue weighted by atomic mass is 9.99. The van der Waals surface area contributed by atoms with Crippen molar-refractivity contribution >= 4 is 23.6 Å². The molecule has 92 valence electrons. The molecule has 1 unspecified atom stereocenters. The summed E-state index contributed by atoms with van der Waals surface area (Å²) < 4.78 is 5.15. The van der Waals surface area contributed by atoms with Crippen LogP contribution in [0.1, 0.15) is 12.8 Å². The average Bonchev–Trinajstić information content (AvgIpc) is 2.29. The normalized spacial score (nSPS) is 19.1. The van der Waals surface area contributed by atoms with Gasteiger partial charge < -0.3 is 15.2 Å². The summed E-state index contributed by atoms with van der Waals surface area (Å²) >= 11 is 1.41. The lowest BCUT2D eigenvalue weighted by molar-refractivity contribution is -0.142. The van der Waals surface area contributed by atoms with Crippen molar-refractivity contribution in [2.45, 2.75) is 18.9 Å². The number of rotatable bonds is 5. The monoisotopic (exact) mass is 247 g/mol. The van der Waals surface area contributed by atoms with Gasteiger partial charge in [-0.1, -0.05) is 0 Å². The van der Waals surface area contributed by atoms with Crippen LogP contribution in [0.15, 0.2) is 0 Å². The van der Waals surface area contributed by atoms with E-state index >= 15 is 0 Å². The lowest BCUT2D eigenvalue weighted by Gasteiger charge is -2.23. The van der Waals surface area contributed by atoms with Crippen molar-refractivity contribution in [2.24, 2.45) is 5.92 Å². The predicted molar refractivity (Wildman–Crippen MR) is 61.5 cm³/mol. The average molecular weight is 247 g/mol. The van der Waals surface area contributed by atoms with Gasteiger partial charge >= 0.3 is 5.97 Å². The molecule has 1 amide bonds. The Morgan fingerprint density at radius 3 is 2.62 bits per heavy atom. The molecule has 1 aliphatic heterocycles. The third kappa shape index (κ3) is 4.02. The molecule has 0 spiro atoms. The van der Waals surface area contributed by atoms with Gasteiger partial charge in [-0.2, -0.15) is 11.8 Å². The van der Waals surface area contributed by atoms with E-state index in [-0.39, 0.29) is 11.8 Å². The number of carboxylic acids is 1. The zero-order valence-corrected chi connectivity index (χ0v) is 10.1. The van der Waals surface area contributed by atoms with Crippen LogP contribution < -0.4 is 5.32 Å². The third-order valence-electron chi connectivity index (χ3n) is 2.54. The number of ether oxygens (including phenoxy) is 1. The Bertz CT molecular complexity index is 253. The van der Waals surface area contributed by atoms with Gasteiger partial charge in [0.05, 0.1) is 0 Å². The maximum Gasteiger partial charge on any atom is 0.327 e. The molecule has 6 heteroatoms. The molecule has 0 saturated carbocycles. The number of carbonyl (C=O) groups excluding carboxylic acids is 1. The zero-order valence-electron chi connectivity index (χ0n) is 9.27. The molecule has 1 atom stereocenters. The van der Waals surface area contributed by atoms with Gasteiger partial charge in [-0.3, -0.25) is 4.79 Å². The van der Waals surface area contributed by atoms with Crippen LogP contribution in [0.4, 0.5) is 0 Å². The number of carboxylic acid groups (broad SMARTS) is 1. The van der Waals surface area contributed by atoms with Crippen molar-refractivity contribution in [3.05, 3.63) is 0 Å². The molecular formula is C10H17NO4S. The molecule has 1 aliphatic rings. The van der Waals surface area contributed by atoms with E-state index in [4.69, 9.17) is 9.84 Å². The highest BCUT2D eigenvalue weighted by Gasteiger charge is 2.26. The molecule has 2 N–H and O–H groups in total. The van der Waals surface area contributed by atoms with E-state index in [1.165, 1.54) is 11.8 Å². The van der Waals surface area contributed by atoms with Crippen LogP contribution in [0.3, 0.4) is 0 Å². The number of thioether (sulfide) groups is 1. The summed E-state index contributed by atoms with van der Waals surface area (Å²) in [4.78, 5) is 22.6. The number of hydrogen-bond donors (Lipinski definition) is 2. The molecule has 1 saturated heterocycles. The van der Waals surface area contributed by atoms with Crippen molar-refractivity contribution in [1.29, 1.82) is 0 Å². The zero-order chi connectivity index (χ0) is 12.0. The third-order valence-corrected chi connectivity index (χ3v) is 3.21. The molecule has 0 aromatic rings. The minimum absolute atomic E-state index is 0.0996. The van der Waals surface area contributed by atoms with Gasteiger partial charge in [0.2, 0.25) is 5.91 Å². The predicted octanol–water partition coefficient (Wildman–Crippen LogP) is 0.345. The smallest absolute Gasteiger partial charge is 0.327 e. The number of nitrogens with one attached hydrogen (secondary N) is 1. The van der Waals surface area contributed by atoms with Crippen LogP contribution in [0.5, 0.6) is 0 Å². The van der Waals surface area contributed by atoms with Crippen molar-refractivity contribution < 1.29 is 19.4 Å². The van der Waals surface area contributed by atoms with Crippen molar-refractivity contribution in [3.8, 4) is 0 Å². The van der Waals surface area contributed by atoms with Gasteiger partial charge in [0.1, 0.15) is 6.04 Å². The number of aliphatic carboxylic acids is 1. The van der Waals surface area contributed by atoms with E-state index in [0.29, 0.717) is 31.8 Å². The fraction of sp³-hybridized carbons (Fsp3) is 0.800. The highest BCUT2D eigenvalue weighted by molar-refractivity contribution is 7.98. The molecule has 0 radical (unpaired) electrons. The Hall–Kier alpha value is -0.750. The molecule has 1 heterocycles. The molecule has 1 fully saturated rings.